The summed E-state index contributed by atoms with van der Waals surface area (Å²) in [7, 11) is 0. The first kappa shape index (κ1) is 13.2. The van der Waals surface area contributed by atoms with Gasteiger partial charge in [-0.2, -0.15) is 17.6 Å². The van der Waals surface area contributed by atoms with Gasteiger partial charge >= 0.3 is 6.18 Å². The molecule has 2 nitrogen and oxygen atoms in total. The van der Waals surface area contributed by atoms with Crippen LogP contribution in [-0.2, 0) is 6.18 Å². The molecular weight excluding hydrogens is 262 g/mol. The molecule has 0 amide bonds. The van der Waals surface area contributed by atoms with Crippen molar-refractivity contribution in [2.24, 2.45) is 0 Å². The summed E-state index contributed by atoms with van der Waals surface area (Å²) in [5, 5.41) is 0. The Kier molecular flexibility index (Phi) is 3.33. The predicted octanol–water partition coefficient (Wildman–Crippen LogP) is 3.72. The molecule has 0 saturated heterocycles. The molecule has 0 spiro atoms. The molecule has 0 radical (unpaired) electrons. The third-order valence-corrected chi connectivity index (χ3v) is 2.56. The number of nitrogens with zero attached hydrogens (tertiary/aromatic N) is 1. The maximum Gasteiger partial charge on any atom is 0.416 e. The number of aromatic nitrogens is 1. The fourth-order valence-corrected chi connectivity index (χ4v) is 1.66. The summed E-state index contributed by atoms with van der Waals surface area (Å²) in [6, 6.07) is 5.17. The maximum atomic E-state index is 13.6. The van der Waals surface area contributed by atoms with Crippen LogP contribution in [0.3, 0.4) is 0 Å². The van der Waals surface area contributed by atoms with Gasteiger partial charge in [0.05, 0.1) is 5.56 Å². The normalized spacial score (nSPS) is 11.4. The van der Waals surface area contributed by atoms with Crippen molar-refractivity contribution in [3.63, 3.8) is 0 Å². The zero-order valence-electron chi connectivity index (χ0n) is 9.41. The Balaban J connectivity index is 2.52. The van der Waals surface area contributed by atoms with Crippen molar-refractivity contribution in [2.45, 2.75) is 6.18 Å². The van der Waals surface area contributed by atoms with E-state index in [0.717, 1.165) is 30.5 Å². The third kappa shape index (κ3) is 2.62. The average molecular weight is 269 g/mol. The van der Waals surface area contributed by atoms with Gasteiger partial charge in [0.2, 0.25) is 5.95 Å². The topological polar surface area (TPSA) is 30.0 Å². The van der Waals surface area contributed by atoms with Crippen LogP contribution in [0.5, 0.6) is 0 Å². The van der Waals surface area contributed by atoms with Gasteiger partial charge in [0.15, 0.2) is 6.29 Å². The molecule has 1 aromatic heterocycles. The number of halogens is 4. The Hall–Kier alpha value is -2.24. The molecule has 0 atom stereocenters. The molecule has 2 aromatic rings. The number of rotatable bonds is 2. The minimum absolute atomic E-state index is 0.0345. The van der Waals surface area contributed by atoms with Crippen LogP contribution in [0.4, 0.5) is 17.6 Å². The highest BCUT2D eigenvalue weighted by Gasteiger charge is 2.30. The third-order valence-electron chi connectivity index (χ3n) is 2.56. The molecule has 0 aliphatic rings. The zero-order valence-corrected chi connectivity index (χ0v) is 9.41. The van der Waals surface area contributed by atoms with Crippen molar-refractivity contribution in [2.75, 3.05) is 0 Å². The smallest absolute Gasteiger partial charge is 0.298 e. The first-order chi connectivity index (χ1) is 8.93. The minimum Gasteiger partial charge on any atom is -0.298 e. The summed E-state index contributed by atoms with van der Waals surface area (Å²) >= 11 is 0. The van der Waals surface area contributed by atoms with E-state index in [1.807, 2.05) is 0 Å². The van der Waals surface area contributed by atoms with Crippen LogP contribution in [-0.4, -0.2) is 11.3 Å². The van der Waals surface area contributed by atoms with Crippen LogP contribution >= 0.6 is 0 Å². The molecule has 19 heavy (non-hydrogen) atoms. The van der Waals surface area contributed by atoms with Gasteiger partial charge in [-0.1, -0.05) is 12.1 Å². The molecule has 1 aromatic carbocycles. The van der Waals surface area contributed by atoms with E-state index in [9.17, 15) is 22.4 Å². The van der Waals surface area contributed by atoms with Crippen LogP contribution < -0.4 is 0 Å². The first-order valence-corrected chi connectivity index (χ1v) is 5.21. The Morgan fingerprint density at radius 3 is 2.21 bits per heavy atom. The average Bonchev–Trinajstić information content (AvgIpc) is 2.37. The molecule has 0 unspecified atom stereocenters. The van der Waals surface area contributed by atoms with Gasteiger partial charge in [0, 0.05) is 17.3 Å². The summed E-state index contributed by atoms with van der Waals surface area (Å²) in [5.74, 6) is -0.899. The Labute approximate surface area is 105 Å². The molecular formula is C13H7F4NO. The molecule has 0 saturated carbocycles. The lowest BCUT2D eigenvalue weighted by atomic mass is 10.0. The molecule has 1 heterocycles. The standard InChI is InChI=1S/C13H7F4NO/c14-12-11(9(7-19)5-6-18-12)8-1-3-10(4-2-8)13(15,16)17/h1-7H. The number of hydrogen-bond acceptors (Lipinski definition) is 2. The molecule has 0 aliphatic carbocycles. The number of alkyl halides is 3. The number of pyridine rings is 1. The van der Waals surface area contributed by atoms with Gasteiger partial charge in [0.1, 0.15) is 0 Å². The van der Waals surface area contributed by atoms with Gasteiger partial charge in [-0.15, -0.1) is 0 Å². The van der Waals surface area contributed by atoms with Crippen molar-refractivity contribution < 1.29 is 22.4 Å². The molecule has 98 valence electrons. The van der Waals surface area contributed by atoms with Crippen molar-refractivity contribution >= 4 is 6.29 Å². The number of carbonyl (C=O) groups is 1. The van der Waals surface area contributed by atoms with Crippen LogP contribution in [0.25, 0.3) is 11.1 Å². The highest BCUT2D eigenvalue weighted by Crippen LogP contribution is 2.32. The quantitative estimate of drug-likeness (QED) is 0.472. The lowest BCUT2D eigenvalue weighted by Gasteiger charge is -2.09. The second-order valence-corrected chi connectivity index (χ2v) is 3.76. The van der Waals surface area contributed by atoms with E-state index in [2.05, 4.69) is 4.98 Å². The van der Waals surface area contributed by atoms with Gasteiger partial charge in [-0.3, -0.25) is 4.79 Å². The van der Waals surface area contributed by atoms with Gasteiger partial charge in [-0.05, 0) is 23.8 Å². The van der Waals surface area contributed by atoms with E-state index >= 15 is 0 Å². The fourth-order valence-electron chi connectivity index (χ4n) is 1.66. The molecule has 0 aliphatic heterocycles. The predicted molar refractivity (Wildman–Crippen MR) is 60.0 cm³/mol. The highest BCUT2D eigenvalue weighted by molar-refractivity contribution is 5.87. The number of aldehydes is 1. The summed E-state index contributed by atoms with van der Waals surface area (Å²) in [6.07, 6.45) is -2.91. The number of carbonyl (C=O) groups excluding carboxylic acids is 1. The molecule has 2 rings (SSSR count). The Morgan fingerprint density at radius 1 is 1.05 bits per heavy atom. The van der Waals surface area contributed by atoms with Crippen LogP contribution in [0, 0.1) is 5.95 Å². The van der Waals surface area contributed by atoms with E-state index in [-0.39, 0.29) is 16.7 Å². The van der Waals surface area contributed by atoms with Gasteiger partial charge in [-0.25, -0.2) is 4.98 Å². The SMILES string of the molecule is O=Cc1ccnc(F)c1-c1ccc(C(F)(F)F)cc1. The molecule has 6 heteroatoms. The van der Waals surface area contributed by atoms with Crippen molar-refractivity contribution in [1.82, 2.24) is 4.98 Å². The van der Waals surface area contributed by atoms with Crippen LogP contribution in [0.15, 0.2) is 36.5 Å². The summed E-state index contributed by atoms with van der Waals surface area (Å²) in [5.41, 5.74) is -0.743. The summed E-state index contributed by atoms with van der Waals surface area (Å²) in [4.78, 5) is 14.2. The van der Waals surface area contributed by atoms with E-state index < -0.39 is 17.7 Å². The second kappa shape index (κ2) is 4.79. The molecule has 0 bridgehead atoms. The minimum atomic E-state index is -4.46. The van der Waals surface area contributed by atoms with Crippen molar-refractivity contribution in [3.8, 4) is 11.1 Å². The van der Waals surface area contributed by atoms with Gasteiger partial charge < -0.3 is 0 Å². The molecule has 0 fully saturated rings. The van der Waals surface area contributed by atoms with E-state index in [1.54, 1.807) is 0 Å². The summed E-state index contributed by atoms with van der Waals surface area (Å²) in [6.45, 7) is 0. The second-order valence-electron chi connectivity index (χ2n) is 3.76. The summed E-state index contributed by atoms with van der Waals surface area (Å²) < 4.78 is 50.8. The zero-order chi connectivity index (χ0) is 14.0. The lowest BCUT2D eigenvalue weighted by Crippen LogP contribution is -2.04. The first-order valence-electron chi connectivity index (χ1n) is 5.21. The largest absolute Gasteiger partial charge is 0.416 e. The maximum absolute atomic E-state index is 13.6. The van der Waals surface area contributed by atoms with E-state index in [1.165, 1.54) is 6.07 Å². The molecule has 0 N–H and O–H groups in total. The van der Waals surface area contributed by atoms with E-state index in [4.69, 9.17) is 0 Å². The highest BCUT2D eigenvalue weighted by atomic mass is 19.4. The number of hydrogen-bond donors (Lipinski definition) is 0. The van der Waals surface area contributed by atoms with Crippen LogP contribution in [0.1, 0.15) is 15.9 Å². The van der Waals surface area contributed by atoms with Gasteiger partial charge in [0.25, 0.3) is 0 Å². The van der Waals surface area contributed by atoms with Crippen molar-refractivity contribution in [3.05, 3.63) is 53.6 Å². The Bertz CT molecular complexity index is 605. The fraction of sp³-hybridized carbons (Fsp3) is 0.0769. The monoisotopic (exact) mass is 269 g/mol. The van der Waals surface area contributed by atoms with Crippen molar-refractivity contribution in [1.29, 1.82) is 0 Å². The number of benzene rings is 1. The van der Waals surface area contributed by atoms with Crippen LogP contribution in [0.2, 0.25) is 0 Å². The lowest BCUT2D eigenvalue weighted by molar-refractivity contribution is -0.137. The Morgan fingerprint density at radius 2 is 1.68 bits per heavy atom. The van der Waals surface area contributed by atoms with E-state index in [0.29, 0.717) is 6.29 Å².